The fraction of sp³-hybridized carbons (Fsp3) is 0.0455. The SMILES string of the molecule is N=C(N)c1ccc2[nH]c(-c3cc(-c4nnn[nH]4)cc(-c4cccc(CN)c4O)c3O)nc2c1. The van der Waals surface area contributed by atoms with Crippen LogP contribution < -0.4 is 11.5 Å². The number of nitrogens with zero attached hydrogens (tertiary/aromatic N) is 4. The van der Waals surface area contributed by atoms with E-state index in [2.05, 4.69) is 30.6 Å². The lowest BCUT2D eigenvalue weighted by molar-refractivity contribution is 0.465. The van der Waals surface area contributed by atoms with Crippen molar-refractivity contribution < 1.29 is 10.2 Å². The van der Waals surface area contributed by atoms with Crippen LogP contribution in [0.5, 0.6) is 11.5 Å². The number of benzene rings is 3. The van der Waals surface area contributed by atoms with Gasteiger partial charge < -0.3 is 26.7 Å². The molecule has 5 rings (SSSR count). The summed E-state index contributed by atoms with van der Waals surface area (Å²) >= 11 is 0. The van der Waals surface area contributed by atoms with Crippen LogP contribution in [-0.4, -0.2) is 46.6 Å². The summed E-state index contributed by atoms with van der Waals surface area (Å²) < 4.78 is 0. The van der Waals surface area contributed by atoms with Crippen molar-refractivity contribution in [3.05, 3.63) is 59.7 Å². The molecule has 0 saturated heterocycles. The summed E-state index contributed by atoms with van der Waals surface area (Å²) in [5.74, 6) is 0.572. The first-order valence-electron chi connectivity index (χ1n) is 9.93. The number of H-pyrrole nitrogens is 2. The molecule has 11 nitrogen and oxygen atoms in total. The number of rotatable bonds is 5. The van der Waals surface area contributed by atoms with E-state index in [0.717, 1.165) is 0 Å². The predicted octanol–water partition coefficient (Wildman–Crippen LogP) is 2.23. The number of aromatic nitrogens is 6. The number of para-hydroxylation sites is 1. The quantitative estimate of drug-likeness (QED) is 0.159. The Balaban J connectivity index is 1.76. The minimum absolute atomic E-state index is 0.0233. The van der Waals surface area contributed by atoms with Crippen molar-refractivity contribution in [2.24, 2.45) is 11.5 Å². The zero-order chi connectivity index (χ0) is 23.1. The monoisotopic (exact) mass is 441 g/mol. The van der Waals surface area contributed by atoms with Crippen LogP contribution in [0.3, 0.4) is 0 Å². The Hall–Kier alpha value is -4.77. The average molecular weight is 441 g/mol. The Labute approximate surface area is 186 Å². The molecule has 0 atom stereocenters. The van der Waals surface area contributed by atoms with Gasteiger partial charge in [-0.3, -0.25) is 5.41 Å². The number of nitrogens with one attached hydrogen (secondary N) is 3. The molecule has 0 aliphatic carbocycles. The molecule has 0 spiro atoms. The van der Waals surface area contributed by atoms with Crippen LogP contribution in [-0.2, 0) is 6.54 Å². The highest BCUT2D eigenvalue weighted by Crippen LogP contribution is 2.44. The largest absolute Gasteiger partial charge is 0.507 e. The summed E-state index contributed by atoms with van der Waals surface area (Å²) in [6.45, 7) is 0.140. The van der Waals surface area contributed by atoms with Crippen LogP contribution in [0.25, 0.3) is 44.9 Å². The first-order chi connectivity index (χ1) is 16.0. The summed E-state index contributed by atoms with van der Waals surface area (Å²) in [6, 6.07) is 13.7. The molecule has 2 aromatic heterocycles. The molecule has 0 saturated carbocycles. The molecule has 164 valence electrons. The molecule has 5 aromatic rings. The highest BCUT2D eigenvalue weighted by molar-refractivity contribution is 5.98. The molecule has 11 heteroatoms. The lowest BCUT2D eigenvalue weighted by atomic mass is 9.95. The molecule has 9 N–H and O–H groups in total. The van der Waals surface area contributed by atoms with Gasteiger partial charge in [0.15, 0.2) is 5.82 Å². The van der Waals surface area contributed by atoms with Gasteiger partial charge in [-0.2, -0.15) is 0 Å². The van der Waals surface area contributed by atoms with E-state index >= 15 is 0 Å². The number of nitrogen functional groups attached to an aromatic ring is 1. The maximum absolute atomic E-state index is 11.3. The van der Waals surface area contributed by atoms with E-state index in [9.17, 15) is 10.2 Å². The van der Waals surface area contributed by atoms with E-state index in [-0.39, 0.29) is 23.9 Å². The number of phenols is 2. The standard InChI is InChI=1S/C22H19N9O2/c23-9-11-2-1-3-13(18(11)32)14-6-12(21-28-30-31-29-21)7-15(19(14)33)22-26-16-5-4-10(20(24)25)8-17(16)27-22/h1-8,32-33H,9,23H2,(H3,24,25)(H,26,27)(H,28,29,30,31). The zero-order valence-corrected chi connectivity index (χ0v) is 17.2. The molecular formula is C22H19N9O2. The molecule has 0 radical (unpaired) electrons. The highest BCUT2D eigenvalue weighted by atomic mass is 16.3. The predicted molar refractivity (Wildman–Crippen MR) is 122 cm³/mol. The minimum atomic E-state index is -0.0958. The van der Waals surface area contributed by atoms with Gasteiger partial charge >= 0.3 is 0 Å². The number of tetrazole rings is 1. The molecule has 2 heterocycles. The molecule has 0 aliphatic heterocycles. The number of hydrogen-bond acceptors (Lipinski definition) is 8. The highest BCUT2D eigenvalue weighted by Gasteiger charge is 2.21. The van der Waals surface area contributed by atoms with Crippen molar-refractivity contribution in [1.82, 2.24) is 30.6 Å². The number of aromatic amines is 2. The molecular weight excluding hydrogens is 422 g/mol. The van der Waals surface area contributed by atoms with Gasteiger partial charge in [-0.15, -0.1) is 5.10 Å². The molecule has 0 fully saturated rings. The van der Waals surface area contributed by atoms with Gasteiger partial charge in [0.05, 0.1) is 16.6 Å². The first kappa shape index (κ1) is 20.2. The lowest BCUT2D eigenvalue weighted by Gasteiger charge is -2.14. The molecule has 3 aromatic carbocycles. The van der Waals surface area contributed by atoms with Crippen molar-refractivity contribution in [3.63, 3.8) is 0 Å². The molecule has 0 bridgehead atoms. The Bertz CT molecular complexity index is 1510. The fourth-order valence-electron chi connectivity index (χ4n) is 3.71. The third-order valence-corrected chi connectivity index (χ3v) is 5.41. The number of hydrogen-bond donors (Lipinski definition) is 7. The van der Waals surface area contributed by atoms with Crippen molar-refractivity contribution in [2.75, 3.05) is 0 Å². The topological polar surface area (TPSA) is 199 Å². The second-order valence-electron chi connectivity index (χ2n) is 7.42. The van der Waals surface area contributed by atoms with E-state index in [1.165, 1.54) is 0 Å². The third kappa shape index (κ3) is 3.42. The summed E-state index contributed by atoms with van der Waals surface area (Å²) in [6.07, 6.45) is 0. The Morgan fingerprint density at radius 1 is 0.970 bits per heavy atom. The number of phenolic OH excluding ortho intramolecular Hbond substituents is 2. The van der Waals surface area contributed by atoms with Gasteiger partial charge in [0.1, 0.15) is 23.2 Å². The molecule has 33 heavy (non-hydrogen) atoms. The lowest BCUT2D eigenvalue weighted by Crippen LogP contribution is -2.10. The van der Waals surface area contributed by atoms with Gasteiger partial charge in [-0.1, -0.05) is 18.2 Å². The number of aromatic hydroxyl groups is 2. The molecule has 0 amide bonds. The van der Waals surface area contributed by atoms with Crippen molar-refractivity contribution in [1.29, 1.82) is 5.41 Å². The number of imidazole rings is 1. The van der Waals surface area contributed by atoms with E-state index in [1.807, 2.05) is 0 Å². The normalized spacial score (nSPS) is 11.2. The summed E-state index contributed by atoms with van der Waals surface area (Å²) in [4.78, 5) is 7.77. The number of nitrogens with two attached hydrogens (primary N) is 2. The van der Waals surface area contributed by atoms with Crippen molar-refractivity contribution >= 4 is 16.9 Å². The van der Waals surface area contributed by atoms with Gasteiger partial charge in [0.25, 0.3) is 0 Å². The zero-order valence-electron chi connectivity index (χ0n) is 17.2. The van der Waals surface area contributed by atoms with Crippen LogP contribution >= 0.6 is 0 Å². The van der Waals surface area contributed by atoms with Crippen molar-refractivity contribution in [2.45, 2.75) is 6.54 Å². The average Bonchev–Trinajstić information content (AvgIpc) is 3.49. The summed E-state index contributed by atoms with van der Waals surface area (Å²) in [5, 5.41) is 43.6. The van der Waals surface area contributed by atoms with Gasteiger partial charge in [-0.25, -0.2) is 10.1 Å². The van der Waals surface area contributed by atoms with Crippen molar-refractivity contribution in [3.8, 4) is 45.4 Å². The molecule has 0 aliphatic rings. The van der Waals surface area contributed by atoms with E-state index in [0.29, 0.717) is 56.1 Å². The number of amidine groups is 1. The summed E-state index contributed by atoms with van der Waals surface area (Å²) in [5.41, 5.74) is 15.4. The first-order valence-corrected chi connectivity index (χ1v) is 9.93. The minimum Gasteiger partial charge on any atom is -0.507 e. The second-order valence-corrected chi connectivity index (χ2v) is 7.42. The van der Waals surface area contributed by atoms with Crippen LogP contribution in [0.15, 0.2) is 48.5 Å². The smallest absolute Gasteiger partial charge is 0.179 e. The Kier molecular flexibility index (Phi) is 4.72. The van der Waals surface area contributed by atoms with E-state index in [4.69, 9.17) is 16.9 Å². The number of fused-ring (bicyclic) bond motifs is 1. The maximum atomic E-state index is 11.3. The van der Waals surface area contributed by atoms with E-state index < -0.39 is 0 Å². The van der Waals surface area contributed by atoms with Gasteiger partial charge in [0.2, 0.25) is 0 Å². The maximum Gasteiger partial charge on any atom is 0.179 e. The van der Waals surface area contributed by atoms with Gasteiger partial charge in [0, 0.05) is 34.4 Å². The summed E-state index contributed by atoms with van der Waals surface area (Å²) in [7, 11) is 0. The fourth-order valence-corrected chi connectivity index (χ4v) is 3.71. The Morgan fingerprint density at radius 2 is 1.79 bits per heavy atom. The third-order valence-electron chi connectivity index (χ3n) is 5.41. The van der Waals surface area contributed by atoms with Crippen LogP contribution in [0, 0.1) is 5.41 Å². The molecule has 0 unspecified atom stereocenters. The second kappa shape index (κ2) is 7.73. The Morgan fingerprint density at radius 3 is 2.52 bits per heavy atom. The van der Waals surface area contributed by atoms with Crippen LogP contribution in [0.4, 0.5) is 0 Å². The van der Waals surface area contributed by atoms with Crippen LogP contribution in [0.2, 0.25) is 0 Å². The van der Waals surface area contributed by atoms with E-state index in [1.54, 1.807) is 48.5 Å². The van der Waals surface area contributed by atoms with Crippen LogP contribution in [0.1, 0.15) is 11.1 Å². The van der Waals surface area contributed by atoms with Gasteiger partial charge in [-0.05, 0) is 40.8 Å².